The van der Waals surface area contributed by atoms with Crippen LogP contribution in [-0.4, -0.2) is 16.0 Å². The van der Waals surface area contributed by atoms with Gasteiger partial charge in [-0.1, -0.05) is 29.1 Å². The SMILES string of the molecule is N/C(=N/O)c1ccc(Sc2nc3ccccc3s2)cc1Br. The van der Waals surface area contributed by atoms with Gasteiger partial charge in [-0.05, 0) is 46.3 Å². The molecule has 0 aliphatic heterocycles. The van der Waals surface area contributed by atoms with E-state index in [1.54, 1.807) is 23.1 Å². The van der Waals surface area contributed by atoms with Crippen LogP contribution in [0.2, 0.25) is 0 Å². The summed E-state index contributed by atoms with van der Waals surface area (Å²) in [5.41, 5.74) is 7.27. The minimum absolute atomic E-state index is 0.0819. The van der Waals surface area contributed by atoms with Crippen LogP contribution >= 0.6 is 39.0 Å². The largest absolute Gasteiger partial charge is 0.409 e. The first-order chi connectivity index (χ1) is 10.2. The molecule has 21 heavy (non-hydrogen) atoms. The second-order valence-electron chi connectivity index (χ2n) is 4.18. The predicted octanol–water partition coefficient (Wildman–Crippen LogP) is 4.30. The highest BCUT2D eigenvalue weighted by Gasteiger charge is 2.09. The number of amidine groups is 1. The van der Waals surface area contributed by atoms with Crippen molar-refractivity contribution >= 4 is 55.1 Å². The Balaban J connectivity index is 1.89. The zero-order valence-electron chi connectivity index (χ0n) is 10.7. The monoisotopic (exact) mass is 379 g/mol. The lowest BCUT2D eigenvalue weighted by Gasteiger charge is -2.04. The lowest BCUT2D eigenvalue weighted by atomic mass is 10.2. The summed E-state index contributed by atoms with van der Waals surface area (Å²) in [5, 5.41) is 11.7. The number of nitrogens with two attached hydrogens (primary N) is 1. The van der Waals surface area contributed by atoms with Crippen LogP contribution in [0.3, 0.4) is 0 Å². The minimum Gasteiger partial charge on any atom is -0.409 e. The Labute approximate surface area is 137 Å². The number of rotatable bonds is 3. The standard InChI is InChI=1S/C14H10BrN3OS2/c15-10-7-8(5-6-9(10)13(16)18-19)20-14-17-11-3-1-2-4-12(11)21-14/h1-7,19H,(H2,16,18). The van der Waals surface area contributed by atoms with Crippen molar-refractivity contribution in [3.63, 3.8) is 0 Å². The molecule has 7 heteroatoms. The summed E-state index contributed by atoms with van der Waals surface area (Å²) in [6.45, 7) is 0. The number of aromatic nitrogens is 1. The zero-order valence-corrected chi connectivity index (χ0v) is 13.9. The van der Waals surface area contributed by atoms with Crippen molar-refractivity contribution in [2.45, 2.75) is 9.24 Å². The van der Waals surface area contributed by atoms with Crippen molar-refractivity contribution in [2.24, 2.45) is 10.9 Å². The van der Waals surface area contributed by atoms with Gasteiger partial charge < -0.3 is 10.9 Å². The molecule has 106 valence electrons. The van der Waals surface area contributed by atoms with E-state index in [0.29, 0.717) is 5.56 Å². The molecule has 0 aliphatic rings. The maximum atomic E-state index is 8.73. The molecule has 0 bridgehead atoms. The van der Waals surface area contributed by atoms with Gasteiger partial charge in [0.05, 0.1) is 10.2 Å². The second kappa shape index (κ2) is 6.05. The predicted molar refractivity (Wildman–Crippen MR) is 90.4 cm³/mol. The van der Waals surface area contributed by atoms with Crippen LogP contribution in [0.1, 0.15) is 5.56 Å². The fourth-order valence-corrected chi connectivity index (χ4v) is 4.63. The molecule has 0 aliphatic carbocycles. The van der Waals surface area contributed by atoms with Gasteiger partial charge in [0, 0.05) is 14.9 Å². The van der Waals surface area contributed by atoms with Crippen LogP contribution in [0, 0.1) is 0 Å². The van der Waals surface area contributed by atoms with E-state index in [0.717, 1.165) is 19.2 Å². The van der Waals surface area contributed by atoms with Crippen molar-refractivity contribution in [2.75, 3.05) is 0 Å². The third kappa shape index (κ3) is 3.04. The van der Waals surface area contributed by atoms with Crippen LogP contribution in [0.5, 0.6) is 0 Å². The van der Waals surface area contributed by atoms with E-state index in [9.17, 15) is 0 Å². The molecule has 2 aromatic carbocycles. The molecular formula is C14H10BrN3OS2. The van der Waals surface area contributed by atoms with Crippen molar-refractivity contribution in [3.05, 3.63) is 52.5 Å². The van der Waals surface area contributed by atoms with Gasteiger partial charge >= 0.3 is 0 Å². The van der Waals surface area contributed by atoms with Crippen molar-refractivity contribution in [1.82, 2.24) is 4.98 Å². The number of benzene rings is 2. The fraction of sp³-hybridized carbons (Fsp3) is 0. The van der Waals surface area contributed by atoms with Crippen LogP contribution < -0.4 is 5.73 Å². The summed E-state index contributed by atoms with van der Waals surface area (Å²) in [5.74, 6) is 0.0819. The van der Waals surface area contributed by atoms with Gasteiger partial charge in [0.15, 0.2) is 10.2 Å². The molecule has 0 atom stereocenters. The molecule has 3 aromatic rings. The lowest BCUT2D eigenvalue weighted by molar-refractivity contribution is 0.318. The molecule has 0 fully saturated rings. The summed E-state index contributed by atoms with van der Waals surface area (Å²) in [6, 6.07) is 13.7. The van der Waals surface area contributed by atoms with E-state index in [1.807, 2.05) is 36.4 Å². The fourth-order valence-electron chi connectivity index (χ4n) is 1.82. The highest BCUT2D eigenvalue weighted by atomic mass is 79.9. The summed E-state index contributed by atoms with van der Waals surface area (Å²) in [7, 11) is 0. The molecule has 0 unspecified atom stereocenters. The quantitative estimate of drug-likeness (QED) is 0.308. The molecule has 0 radical (unpaired) electrons. The summed E-state index contributed by atoms with van der Waals surface area (Å²) in [6.07, 6.45) is 0. The van der Waals surface area contributed by atoms with E-state index >= 15 is 0 Å². The Kier molecular flexibility index (Phi) is 4.14. The van der Waals surface area contributed by atoms with Gasteiger partial charge in [0.2, 0.25) is 0 Å². The highest BCUT2D eigenvalue weighted by Crippen LogP contribution is 2.35. The number of hydrogen-bond acceptors (Lipinski definition) is 5. The van der Waals surface area contributed by atoms with E-state index in [4.69, 9.17) is 10.9 Å². The van der Waals surface area contributed by atoms with Gasteiger partial charge in [-0.25, -0.2) is 4.98 Å². The molecule has 0 spiro atoms. The molecule has 0 amide bonds. The number of para-hydroxylation sites is 1. The zero-order chi connectivity index (χ0) is 14.8. The molecule has 1 heterocycles. The maximum Gasteiger partial charge on any atom is 0.171 e. The number of thiazole rings is 1. The molecular weight excluding hydrogens is 370 g/mol. The summed E-state index contributed by atoms with van der Waals surface area (Å²) < 4.78 is 2.94. The number of oxime groups is 1. The van der Waals surface area contributed by atoms with Crippen LogP contribution in [-0.2, 0) is 0 Å². The minimum atomic E-state index is 0.0819. The second-order valence-corrected chi connectivity index (χ2v) is 7.38. The topological polar surface area (TPSA) is 71.5 Å². The van der Waals surface area contributed by atoms with Crippen molar-refractivity contribution in [1.29, 1.82) is 0 Å². The van der Waals surface area contributed by atoms with Crippen molar-refractivity contribution in [3.8, 4) is 0 Å². The first kappa shape index (κ1) is 14.4. The normalized spacial score (nSPS) is 12.0. The average Bonchev–Trinajstić information content (AvgIpc) is 2.88. The van der Waals surface area contributed by atoms with Crippen molar-refractivity contribution < 1.29 is 5.21 Å². The summed E-state index contributed by atoms with van der Waals surface area (Å²) >= 11 is 6.69. The Morgan fingerprint density at radius 1 is 1.29 bits per heavy atom. The molecule has 3 N–H and O–H groups in total. The van der Waals surface area contributed by atoms with Gasteiger partial charge in [-0.3, -0.25) is 0 Å². The third-order valence-corrected chi connectivity index (χ3v) is 5.55. The van der Waals surface area contributed by atoms with E-state index in [-0.39, 0.29) is 5.84 Å². The smallest absolute Gasteiger partial charge is 0.171 e. The third-order valence-electron chi connectivity index (χ3n) is 2.80. The van der Waals surface area contributed by atoms with Gasteiger partial charge in [0.1, 0.15) is 0 Å². The van der Waals surface area contributed by atoms with Crippen LogP contribution in [0.15, 0.2) is 61.3 Å². The number of hydrogen-bond donors (Lipinski definition) is 2. The molecule has 0 saturated heterocycles. The number of fused-ring (bicyclic) bond motifs is 1. The first-order valence-electron chi connectivity index (χ1n) is 5.98. The molecule has 0 saturated carbocycles. The van der Waals surface area contributed by atoms with Crippen LogP contribution in [0.4, 0.5) is 0 Å². The Morgan fingerprint density at radius 2 is 2.10 bits per heavy atom. The molecule has 4 nitrogen and oxygen atoms in total. The maximum absolute atomic E-state index is 8.73. The number of halogens is 1. The Bertz CT molecular complexity index is 799. The molecule has 3 rings (SSSR count). The van der Waals surface area contributed by atoms with E-state index in [2.05, 4.69) is 32.1 Å². The Morgan fingerprint density at radius 3 is 2.81 bits per heavy atom. The van der Waals surface area contributed by atoms with E-state index < -0.39 is 0 Å². The summed E-state index contributed by atoms with van der Waals surface area (Å²) in [4.78, 5) is 5.63. The van der Waals surface area contributed by atoms with Gasteiger partial charge in [0.25, 0.3) is 0 Å². The van der Waals surface area contributed by atoms with Gasteiger partial charge in [-0.2, -0.15) is 0 Å². The Hall–Kier alpha value is -1.57. The highest BCUT2D eigenvalue weighted by molar-refractivity contribution is 9.10. The van der Waals surface area contributed by atoms with Crippen LogP contribution in [0.25, 0.3) is 10.2 Å². The average molecular weight is 380 g/mol. The first-order valence-corrected chi connectivity index (χ1v) is 8.41. The lowest BCUT2D eigenvalue weighted by Crippen LogP contribution is -2.13. The number of nitrogens with zero attached hydrogens (tertiary/aromatic N) is 2. The van der Waals surface area contributed by atoms with Gasteiger partial charge in [-0.15, -0.1) is 11.3 Å². The van der Waals surface area contributed by atoms with E-state index in [1.165, 1.54) is 4.70 Å². The molecule has 1 aromatic heterocycles.